The van der Waals surface area contributed by atoms with Crippen molar-refractivity contribution >= 4 is 0 Å². The number of hydrogen-bond donors (Lipinski definition) is 0. The minimum Gasteiger partial charge on any atom is -0.457 e. The van der Waals surface area contributed by atoms with Gasteiger partial charge in [-0.1, -0.05) is 88.8 Å². The number of rotatable bonds is 10. The monoisotopic (exact) mass is 310 g/mol. The van der Waals surface area contributed by atoms with E-state index in [1.807, 2.05) is 30.3 Å². The smallest absolute Gasteiger partial charge is 0.130 e. The fourth-order valence-corrected chi connectivity index (χ4v) is 3.03. The molecule has 0 fully saturated rings. The Morgan fingerprint density at radius 3 is 2.04 bits per heavy atom. The Morgan fingerprint density at radius 2 is 1.39 bits per heavy atom. The van der Waals surface area contributed by atoms with E-state index in [0.717, 1.165) is 23.8 Å². The third-order valence-corrected chi connectivity index (χ3v) is 4.38. The van der Waals surface area contributed by atoms with E-state index in [9.17, 15) is 0 Å². The molecule has 1 heteroatoms. The summed E-state index contributed by atoms with van der Waals surface area (Å²) in [6.07, 6.45) is 9.01. The lowest BCUT2D eigenvalue weighted by Crippen LogP contribution is -2.06. The highest BCUT2D eigenvalue weighted by Crippen LogP contribution is 2.29. The van der Waals surface area contributed by atoms with Crippen LogP contribution >= 0.6 is 0 Å². The highest BCUT2D eigenvalue weighted by Gasteiger charge is 2.12. The number of unbranched alkanes of at least 4 members (excludes halogenated alkanes) is 2. The molecule has 2 rings (SSSR count). The Bertz CT molecular complexity index is 539. The van der Waals surface area contributed by atoms with E-state index in [1.54, 1.807) is 0 Å². The van der Waals surface area contributed by atoms with Crippen LogP contribution in [0, 0.1) is 5.92 Å². The van der Waals surface area contributed by atoms with Crippen molar-refractivity contribution in [3.8, 4) is 11.5 Å². The lowest BCUT2D eigenvalue weighted by Gasteiger charge is -2.18. The van der Waals surface area contributed by atoms with Gasteiger partial charge in [-0.05, 0) is 36.1 Å². The second kappa shape index (κ2) is 10.1. The van der Waals surface area contributed by atoms with Crippen LogP contribution in [0.3, 0.4) is 0 Å². The van der Waals surface area contributed by atoms with Crippen LogP contribution in [0.25, 0.3) is 0 Å². The molecule has 0 saturated carbocycles. The molecule has 0 bridgehead atoms. The van der Waals surface area contributed by atoms with Crippen molar-refractivity contribution in [3.63, 3.8) is 0 Å². The fourth-order valence-electron chi connectivity index (χ4n) is 3.03. The summed E-state index contributed by atoms with van der Waals surface area (Å²) >= 11 is 0. The summed E-state index contributed by atoms with van der Waals surface area (Å²) < 4.78 is 6.12. The molecule has 0 aromatic heterocycles. The molecule has 0 radical (unpaired) electrons. The van der Waals surface area contributed by atoms with Crippen molar-refractivity contribution in [1.29, 1.82) is 0 Å². The summed E-state index contributed by atoms with van der Waals surface area (Å²) in [5.41, 5.74) is 1.34. The average Bonchev–Trinajstić information content (AvgIpc) is 2.59. The number of benzene rings is 2. The Hall–Kier alpha value is -1.76. The van der Waals surface area contributed by atoms with E-state index < -0.39 is 0 Å². The van der Waals surface area contributed by atoms with Crippen LogP contribution in [-0.4, -0.2) is 0 Å². The van der Waals surface area contributed by atoms with Crippen LogP contribution < -0.4 is 4.74 Å². The number of ether oxygens (including phenoxy) is 1. The van der Waals surface area contributed by atoms with Crippen molar-refractivity contribution in [3.05, 3.63) is 60.2 Å². The summed E-state index contributed by atoms with van der Waals surface area (Å²) in [7, 11) is 0. The first-order valence-corrected chi connectivity index (χ1v) is 9.14. The molecular formula is C22H30O. The first-order valence-electron chi connectivity index (χ1n) is 9.14. The Balaban J connectivity index is 2.08. The molecule has 0 spiro atoms. The zero-order valence-electron chi connectivity index (χ0n) is 14.6. The summed E-state index contributed by atoms with van der Waals surface area (Å²) in [6, 6.07) is 18.6. The van der Waals surface area contributed by atoms with Gasteiger partial charge in [0.05, 0.1) is 0 Å². The molecule has 0 atom stereocenters. The van der Waals surface area contributed by atoms with Crippen LogP contribution in [0.1, 0.15) is 57.9 Å². The third-order valence-electron chi connectivity index (χ3n) is 4.38. The minimum atomic E-state index is 0.774. The van der Waals surface area contributed by atoms with Gasteiger partial charge in [-0.2, -0.15) is 0 Å². The predicted octanol–water partition coefficient (Wildman–Crippen LogP) is 7.02. The fraction of sp³-hybridized carbons (Fsp3) is 0.455. The topological polar surface area (TPSA) is 9.23 Å². The van der Waals surface area contributed by atoms with E-state index in [2.05, 4.69) is 38.1 Å². The first kappa shape index (κ1) is 17.6. The quantitative estimate of drug-likeness (QED) is 0.458. The Labute approximate surface area is 141 Å². The van der Waals surface area contributed by atoms with Crippen LogP contribution in [0.5, 0.6) is 11.5 Å². The summed E-state index contributed by atoms with van der Waals surface area (Å²) in [4.78, 5) is 0. The second-order valence-corrected chi connectivity index (χ2v) is 6.38. The van der Waals surface area contributed by atoms with Gasteiger partial charge in [-0.15, -0.1) is 0 Å². The summed E-state index contributed by atoms with van der Waals surface area (Å²) in [5.74, 6) is 2.70. The second-order valence-electron chi connectivity index (χ2n) is 6.38. The summed E-state index contributed by atoms with van der Waals surface area (Å²) in [5, 5.41) is 0. The normalized spacial score (nSPS) is 10.9. The van der Waals surface area contributed by atoms with Crippen molar-refractivity contribution < 1.29 is 4.74 Å². The van der Waals surface area contributed by atoms with Gasteiger partial charge in [0.2, 0.25) is 0 Å². The highest BCUT2D eigenvalue weighted by molar-refractivity contribution is 5.38. The molecular weight excluding hydrogens is 280 g/mol. The van der Waals surface area contributed by atoms with Crippen molar-refractivity contribution in [2.45, 2.75) is 58.8 Å². The van der Waals surface area contributed by atoms with Crippen molar-refractivity contribution in [2.75, 3.05) is 0 Å². The van der Waals surface area contributed by atoms with E-state index >= 15 is 0 Å². The summed E-state index contributed by atoms with van der Waals surface area (Å²) in [6.45, 7) is 4.56. The molecule has 0 aliphatic heterocycles. The minimum absolute atomic E-state index is 0.774. The molecule has 0 amide bonds. The van der Waals surface area contributed by atoms with Gasteiger partial charge in [0.1, 0.15) is 11.5 Å². The zero-order chi connectivity index (χ0) is 16.3. The van der Waals surface area contributed by atoms with Gasteiger partial charge in [-0.3, -0.25) is 0 Å². The highest BCUT2D eigenvalue weighted by atomic mass is 16.5. The molecule has 124 valence electrons. The standard InChI is InChI=1S/C22H30O/c1-3-5-12-19(13-6-4-2)18-20-14-10-11-17-22(20)23-21-15-8-7-9-16-21/h7-11,14-17,19H,3-6,12-13,18H2,1-2H3. The predicted molar refractivity (Wildman–Crippen MR) is 99.2 cm³/mol. The molecule has 0 heterocycles. The number of para-hydroxylation sites is 2. The number of hydrogen-bond acceptors (Lipinski definition) is 1. The first-order chi connectivity index (χ1) is 11.3. The molecule has 2 aromatic rings. The molecule has 1 nitrogen and oxygen atoms in total. The van der Waals surface area contributed by atoms with Crippen LogP contribution in [0.2, 0.25) is 0 Å². The van der Waals surface area contributed by atoms with E-state index in [-0.39, 0.29) is 0 Å². The van der Waals surface area contributed by atoms with Gasteiger partial charge in [-0.25, -0.2) is 0 Å². The molecule has 0 aliphatic rings. The third kappa shape index (κ3) is 6.09. The average molecular weight is 310 g/mol. The molecule has 0 N–H and O–H groups in total. The molecule has 23 heavy (non-hydrogen) atoms. The van der Waals surface area contributed by atoms with Gasteiger partial charge >= 0.3 is 0 Å². The van der Waals surface area contributed by atoms with Crippen LogP contribution in [0.15, 0.2) is 54.6 Å². The largest absolute Gasteiger partial charge is 0.457 e. The van der Waals surface area contributed by atoms with Crippen molar-refractivity contribution in [1.82, 2.24) is 0 Å². The molecule has 0 aliphatic carbocycles. The van der Waals surface area contributed by atoms with Gasteiger partial charge in [0, 0.05) is 0 Å². The van der Waals surface area contributed by atoms with Crippen LogP contribution in [-0.2, 0) is 6.42 Å². The van der Waals surface area contributed by atoms with Gasteiger partial charge in [0.15, 0.2) is 0 Å². The van der Waals surface area contributed by atoms with E-state index in [4.69, 9.17) is 4.74 Å². The Kier molecular flexibility index (Phi) is 7.72. The molecule has 0 saturated heterocycles. The maximum atomic E-state index is 6.12. The Morgan fingerprint density at radius 1 is 0.783 bits per heavy atom. The van der Waals surface area contributed by atoms with Gasteiger partial charge < -0.3 is 4.74 Å². The molecule has 0 unspecified atom stereocenters. The maximum Gasteiger partial charge on any atom is 0.130 e. The van der Waals surface area contributed by atoms with Gasteiger partial charge in [0.25, 0.3) is 0 Å². The SMILES string of the molecule is CCCCC(CCCC)Cc1ccccc1Oc1ccccc1. The van der Waals surface area contributed by atoms with E-state index in [1.165, 1.54) is 44.1 Å². The molecule has 2 aromatic carbocycles. The maximum absolute atomic E-state index is 6.12. The zero-order valence-corrected chi connectivity index (χ0v) is 14.6. The van der Waals surface area contributed by atoms with Crippen molar-refractivity contribution in [2.24, 2.45) is 5.92 Å². The lowest BCUT2D eigenvalue weighted by molar-refractivity contribution is 0.407. The van der Waals surface area contributed by atoms with E-state index in [0.29, 0.717) is 0 Å². The van der Waals surface area contributed by atoms with Crippen LogP contribution in [0.4, 0.5) is 0 Å². The lowest BCUT2D eigenvalue weighted by atomic mass is 9.89.